The van der Waals surface area contributed by atoms with E-state index < -0.39 is 10.0 Å². The topological polar surface area (TPSA) is 79.5 Å². The summed E-state index contributed by atoms with van der Waals surface area (Å²) in [6.45, 7) is 7.82. The molecular formula is C11H14ClN5O2S. The van der Waals surface area contributed by atoms with E-state index in [1.807, 2.05) is 0 Å². The molecule has 20 heavy (non-hydrogen) atoms. The minimum atomic E-state index is -3.12. The number of sulfonamides is 1. The van der Waals surface area contributed by atoms with Crippen molar-refractivity contribution in [2.75, 3.05) is 24.7 Å². The zero-order valence-corrected chi connectivity index (χ0v) is 12.4. The van der Waals surface area contributed by atoms with Crippen molar-refractivity contribution in [1.29, 1.82) is 0 Å². The summed E-state index contributed by atoms with van der Waals surface area (Å²) in [5, 5.41) is 3.23. The van der Waals surface area contributed by atoms with E-state index in [4.69, 9.17) is 18.2 Å². The summed E-state index contributed by atoms with van der Waals surface area (Å²) in [4.78, 5) is 11.2. The summed E-state index contributed by atoms with van der Waals surface area (Å²) < 4.78 is 24.3. The Balaban J connectivity index is 1.96. The van der Waals surface area contributed by atoms with Crippen molar-refractivity contribution in [1.82, 2.24) is 14.3 Å². The maximum atomic E-state index is 11.4. The average molecular weight is 316 g/mol. The van der Waals surface area contributed by atoms with Crippen molar-refractivity contribution in [2.24, 2.45) is 0 Å². The number of nitrogens with one attached hydrogen (secondary N) is 1. The van der Waals surface area contributed by atoms with E-state index in [0.29, 0.717) is 31.9 Å². The van der Waals surface area contributed by atoms with Crippen LogP contribution in [-0.2, 0) is 10.0 Å². The van der Waals surface area contributed by atoms with E-state index in [2.05, 4.69) is 20.1 Å². The molecule has 2 heterocycles. The molecule has 1 saturated heterocycles. The summed E-state index contributed by atoms with van der Waals surface area (Å²) >= 11 is 5.84. The lowest BCUT2D eigenvalue weighted by molar-refractivity contribution is 0.331. The Morgan fingerprint density at radius 1 is 1.50 bits per heavy atom. The highest BCUT2D eigenvalue weighted by atomic mass is 35.5. The van der Waals surface area contributed by atoms with Crippen molar-refractivity contribution in [3.63, 3.8) is 0 Å². The van der Waals surface area contributed by atoms with E-state index in [0.717, 1.165) is 0 Å². The van der Waals surface area contributed by atoms with Crippen molar-refractivity contribution < 1.29 is 8.42 Å². The molecule has 108 valence electrons. The fraction of sp³-hybridized carbons (Fsp3) is 0.545. The van der Waals surface area contributed by atoms with Crippen molar-refractivity contribution in [2.45, 2.75) is 18.9 Å². The molecule has 1 N–H and O–H groups in total. The van der Waals surface area contributed by atoms with Gasteiger partial charge in [-0.05, 0) is 12.8 Å². The largest absolute Gasteiger partial charge is 0.351 e. The van der Waals surface area contributed by atoms with Gasteiger partial charge in [0.25, 0.3) is 0 Å². The molecule has 1 aromatic rings. The van der Waals surface area contributed by atoms with Gasteiger partial charge in [-0.2, -0.15) is 0 Å². The van der Waals surface area contributed by atoms with Crippen LogP contribution in [0.2, 0.25) is 5.15 Å². The van der Waals surface area contributed by atoms with Gasteiger partial charge in [0.05, 0.1) is 12.8 Å². The zero-order chi connectivity index (χ0) is 14.8. The Hall–Kier alpha value is -1.43. The van der Waals surface area contributed by atoms with Gasteiger partial charge in [-0.15, -0.1) is 0 Å². The van der Waals surface area contributed by atoms with Crippen LogP contribution in [0.15, 0.2) is 6.20 Å². The first kappa shape index (κ1) is 15.0. The van der Waals surface area contributed by atoms with Gasteiger partial charge >= 0.3 is 0 Å². The second-order valence-corrected chi connectivity index (χ2v) is 6.90. The fourth-order valence-electron chi connectivity index (χ4n) is 2.01. The van der Waals surface area contributed by atoms with E-state index >= 15 is 0 Å². The quantitative estimate of drug-likeness (QED) is 0.675. The smallest absolute Gasteiger partial charge is 0.241 e. The minimum Gasteiger partial charge on any atom is -0.351 e. The molecule has 9 heteroatoms. The Labute approximate surface area is 122 Å². The molecule has 0 bridgehead atoms. The van der Waals surface area contributed by atoms with Gasteiger partial charge in [-0.3, -0.25) is 0 Å². The molecule has 0 aliphatic carbocycles. The van der Waals surface area contributed by atoms with Crippen molar-refractivity contribution in [3.8, 4) is 0 Å². The molecule has 0 amide bonds. The number of halogens is 1. The molecule has 2 rings (SSSR count). The maximum absolute atomic E-state index is 11.4. The van der Waals surface area contributed by atoms with Gasteiger partial charge in [-0.1, -0.05) is 11.6 Å². The van der Waals surface area contributed by atoms with E-state index in [1.165, 1.54) is 16.8 Å². The van der Waals surface area contributed by atoms with Gasteiger partial charge in [0.15, 0.2) is 0 Å². The standard InChI is InChI=1S/C11H14ClN5O2S/c1-13-9-7-14-11(16-10(9)12)15-8-3-5-17(6-4-8)20(2,18)19/h7-8H,3-6H2,2H3,(H,14,15,16). The molecule has 0 spiro atoms. The molecule has 0 aromatic carbocycles. The Bertz CT molecular complexity index is 635. The average Bonchev–Trinajstić information content (AvgIpc) is 2.38. The number of hydrogen-bond donors (Lipinski definition) is 1. The third-order valence-electron chi connectivity index (χ3n) is 3.10. The predicted molar refractivity (Wildman–Crippen MR) is 76.4 cm³/mol. The molecule has 1 aliphatic heterocycles. The third-order valence-corrected chi connectivity index (χ3v) is 4.68. The van der Waals surface area contributed by atoms with Crippen LogP contribution in [0.3, 0.4) is 0 Å². The van der Waals surface area contributed by atoms with Gasteiger partial charge in [0.1, 0.15) is 5.15 Å². The summed E-state index contributed by atoms with van der Waals surface area (Å²) in [7, 11) is -3.12. The van der Waals surface area contributed by atoms with Crippen LogP contribution in [0.4, 0.5) is 11.6 Å². The lowest BCUT2D eigenvalue weighted by Gasteiger charge is -2.30. The minimum absolute atomic E-state index is 0.0999. The molecule has 0 atom stereocenters. The number of hydrogen-bond acceptors (Lipinski definition) is 5. The molecule has 0 saturated carbocycles. The zero-order valence-electron chi connectivity index (χ0n) is 10.9. The monoisotopic (exact) mass is 315 g/mol. The number of anilines is 1. The van der Waals surface area contributed by atoms with Crippen LogP contribution >= 0.6 is 11.6 Å². The fourth-order valence-corrected chi connectivity index (χ4v) is 3.06. The third kappa shape index (κ3) is 3.56. The first-order valence-corrected chi connectivity index (χ1v) is 8.24. The Morgan fingerprint density at radius 2 is 2.15 bits per heavy atom. The SMILES string of the molecule is [C-]#[N+]c1cnc(NC2CCN(S(C)(=O)=O)CC2)nc1Cl. The first-order chi connectivity index (χ1) is 9.40. The van der Waals surface area contributed by atoms with Gasteiger partial charge in [0, 0.05) is 25.3 Å². The summed E-state index contributed by atoms with van der Waals surface area (Å²) in [6.07, 6.45) is 3.94. The second-order valence-electron chi connectivity index (χ2n) is 4.56. The molecule has 0 radical (unpaired) electrons. The number of rotatable bonds is 3. The highest BCUT2D eigenvalue weighted by Gasteiger charge is 2.25. The Morgan fingerprint density at radius 3 is 2.65 bits per heavy atom. The highest BCUT2D eigenvalue weighted by Crippen LogP contribution is 2.23. The molecule has 1 aliphatic rings. The number of nitrogens with zero attached hydrogens (tertiary/aromatic N) is 4. The van der Waals surface area contributed by atoms with E-state index in [1.54, 1.807) is 0 Å². The normalized spacial score (nSPS) is 17.6. The predicted octanol–water partition coefficient (Wildman–Crippen LogP) is 1.52. The van der Waals surface area contributed by atoms with Crippen LogP contribution in [0.1, 0.15) is 12.8 Å². The van der Waals surface area contributed by atoms with Crippen LogP contribution < -0.4 is 5.32 Å². The lowest BCUT2D eigenvalue weighted by atomic mass is 10.1. The second kappa shape index (κ2) is 5.91. The molecular weight excluding hydrogens is 302 g/mol. The van der Waals surface area contributed by atoms with Crippen molar-refractivity contribution >= 4 is 33.3 Å². The van der Waals surface area contributed by atoms with Gasteiger partial charge in [0.2, 0.25) is 21.7 Å². The summed E-state index contributed by atoms with van der Waals surface area (Å²) in [5.41, 5.74) is 0.212. The molecule has 7 nitrogen and oxygen atoms in total. The van der Waals surface area contributed by atoms with Crippen LogP contribution in [0, 0.1) is 6.57 Å². The molecule has 1 fully saturated rings. The number of aromatic nitrogens is 2. The van der Waals surface area contributed by atoms with Gasteiger partial charge < -0.3 is 5.32 Å². The van der Waals surface area contributed by atoms with Crippen LogP contribution in [-0.4, -0.2) is 48.1 Å². The Kier molecular flexibility index (Phi) is 4.42. The molecule has 0 unspecified atom stereocenters. The van der Waals surface area contributed by atoms with Crippen LogP contribution in [0.5, 0.6) is 0 Å². The molecule has 1 aromatic heterocycles. The van der Waals surface area contributed by atoms with E-state index in [9.17, 15) is 8.42 Å². The van der Waals surface area contributed by atoms with E-state index in [-0.39, 0.29) is 16.9 Å². The number of piperidine rings is 1. The van der Waals surface area contributed by atoms with Crippen molar-refractivity contribution in [3.05, 3.63) is 22.8 Å². The summed E-state index contributed by atoms with van der Waals surface area (Å²) in [5.74, 6) is 0.361. The lowest BCUT2D eigenvalue weighted by Crippen LogP contribution is -2.42. The highest BCUT2D eigenvalue weighted by molar-refractivity contribution is 7.88. The summed E-state index contributed by atoms with van der Waals surface area (Å²) in [6, 6.07) is 0.0999. The first-order valence-electron chi connectivity index (χ1n) is 6.02. The van der Waals surface area contributed by atoms with Crippen LogP contribution in [0.25, 0.3) is 4.85 Å². The maximum Gasteiger partial charge on any atom is 0.241 e. The van der Waals surface area contributed by atoms with Gasteiger partial charge in [-0.25, -0.2) is 27.5 Å².